The molecule has 0 unspecified atom stereocenters. The molecule has 1 aromatic carbocycles. The molecule has 0 aliphatic heterocycles. The average Bonchev–Trinajstić information content (AvgIpc) is 3.19. The summed E-state index contributed by atoms with van der Waals surface area (Å²) < 4.78 is 13.5. The highest BCUT2D eigenvalue weighted by Gasteiger charge is 2.26. The van der Waals surface area contributed by atoms with Gasteiger partial charge in [-0.2, -0.15) is 0 Å². The number of amides is 2. The van der Waals surface area contributed by atoms with Crippen molar-refractivity contribution < 1.29 is 19.1 Å². The van der Waals surface area contributed by atoms with Gasteiger partial charge in [-0.05, 0) is 43.9 Å². The normalized spacial score (nSPS) is 13.9. The Morgan fingerprint density at radius 1 is 1.45 bits per heavy atom. The van der Waals surface area contributed by atoms with Gasteiger partial charge in [0.1, 0.15) is 5.82 Å². The highest BCUT2D eigenvalue weighted by Crippen LogP contribution is 2.29. The summed E-state index contributed by atoms with van der Waals surface area (Å²) in [5, 5.41) is 11.3. The van der Waals surface area contributed by atoms with E-state index in [1.165, 1.54) is 6.07 Å². The fraction of sp³-hybridized carbons (Fsp3) is 0.429. The Hall–Kier alpha value is -2.11. The molecule has 2 N–H and O–H groups in total. The first-order chi connectivity index (χ1) is 9.51. The Kier molecular flexibility index (Phi) is 4.22. The Labute approximate surface area is 116 Å². The summed E-state index contributed by atoms with van der Waals surface area (Å²) >= 11 is 0. The maximum Gasteiger partial charge on any atom is 0.338 e. The molecule has 1 aliphatic rings. The Balaban J connectivity index is 2.02. The molecular formula is C14H17FN2O3. The molecular weight excluding hydrogens is 263 g/mol. The fourth-order valence-corrected chi connectivity index (χ4v) is 1.94. The summed E-state index contributed by atoms with van der Waals surface area (Å²) in [6.07, 6.45) is 2.29. The van der Waals surface area contributed by atoms with E-state index in [4.69, 9.17) is 5.11 Å². The van der Waals surface area contributed by atoms with Crippen LogP contribution in [-0.4, -0.2) is 35.1 Å². The zero-order chi connectivity index (χ0) is 14.7. The summed E-state index contributed by atoms with van der Waals surface area (Å²) in [7, 11) is 0. The van der Waals surface area contributed by atoms with E-state index < -0.39 is 17.3 Å². The van der Waals surface area contributed by atoms with E-state index in [1.54, 1.807) is 4.90 Å². The van der Waals surface area contributed by atoms with E-state index in [1.807, 2.05) is 6.92 Å². The summed E-state index contributed by atoms with van der Waals surface area (Å²) in [5.74, 6) is -1.61. The molecule has 1 saturated carbocycles. The molecule has 0 saturated heterocycles. The summed E-state index contributed by atoms with van der Waals surface area (Å²) in [4.78, 5) is 24.4. The lowest BCUT2D eigenvalue weighted by molar-refractivity contribution is 0.0692. The van der Waals surface area contributed by atoms with Crippen LogP contribution >= 0.6 is 0 Å². The molecule has 0 aromatic heterocycles. The first kappa shape index (κ1) is 14.3. The molecule has 0 heterocycles. The minimum absolute atomic E-state index is 0.256. The quantitative estimate of drug-likeness (QED) is 0.871. The van der Waals surface area contributed by atoms with Crippen molar-refractivity contribution >= 4 is 17.7 Å². The third-order valence-electron chi connectivity index (χ3n) is 3.30. The topological polar surface area (TPSA) is 69.6 Å². The predicted molar refractivity (Wildman–Crippen MR) is 72.3 cm³/mol. The third-order valence-corrected chi connectivity index (χ3v) is 3.30. The van der Waals surface area contributed by atoms with Crippen molar-refractivity contribution in [1.82, 2.24) is 4.90 Å². The highest BCUT2D eigenvalue weighted by molar-refractivity contribution is 5.91. The van der Waals surface area contributed by atoms with E-state index in [0.29, 0.717) is 19.0 Å². The van der Waals surface area contributed by atoms with E-state index in [2.05, 4.69) is 5.32 Å². The van der Waals surface area contributed by atoms with Gasteiger partial charge in [-0.15, -0.1) is 0 Å². The summed E-state index contributed by atoms with van der Waals surface area (Å²) in [6, 6.07) is 3.26. The van der Waals surface area contributed by atoms with Gasteiger partial charge in [-0.25, -0.2) is 14.0 Å². The minimum atomic E-state index is -1.33. The first-order valence-corrected chi connectivity index (χ1v) is 6.60. The standard InChI is InChI=1S/C14H17FN2O3/c1-2-17(8-9-3-4-9)14(20)16-10-5-6-11(13(18)19)12(15)7-10/h5-7,9H,2-4,8H2,1H3,(H,16,20)(H,18,19). The van der Waals surface area contributed by atoms with Crippen LogP contribution in [0.15, 0.2) is 18.2 Å². The van der Waals surface area contributed by atoms with Crippen molar-refractivity contribution in [2.75, 3.05) is 18.4 Å². The molecule has 2 rings (SSSR count). The van der Waals surface area contributed by atoms with Crippen LogP contribution in [0.2, 0.25) is 0 Å². The molecule has 0 radical (unpaired) electrons. The van der Waals surface area contributed by atoms with Gasteiger partial charge in [0.05, 0.1) is 5.56 Å². The number of nitrogens with zero attached hydrogens (tertiary/aromatic N) is 1. The number of hydrogen-bond donors (Lipinski definition) is 2. The van der Waals surface area contributed by atoms with Crippen molar-refractivity contribution in [1.29, 1.82) is 0 Å². The van der Waals surface area contributed by atoms with Crippen molar-refractivity contribution in [2.45, 2.75) is 19.8 Å². The molecule has 2 amide bonds. The number of urea groups is 1. The molecule has 0 bridgehead atoms. The predicted octanol–water partition coefficient (Wildman–Crippen LogP) is 2.79. The zero-order valence-electron chi connectivity index (χ0n) is 11.2. The molecule has 5 nitrogen and oxygen atoms in total. The lowest BCUT2D eigenvalue weighted by Gasteiger charge is -2.21. The van der Waals surface area contributed by atoms with E-state index >= 15 is 0 Å². The van der Waals surface area contributed by atoms with Crippen molar-refractivity contribution in [3.05, 3.63) is 29.6 Å². The van der Waals surface area contributed by atoms with Crippen molar-refractivity contribution in [2.24, 2.45) is 5.92 Å². The largest absolute Gasteiger partial charge is 0.478 e. The summed E-state index contributed by atoms with van der Waals surface area (Å²) in [5.41, 5.74) is -0.153. The maximum atomic E-state index is 13.5. The lowest BCUT2D eigenvalue weighted by Crippen LogP contribution is -2.36. The number of aromatic carboxylic acids is 1. The molecule has 0 atom stereocenters. The average molecular weight is 280 g/mol. The lowest BCUT2D eigenvalue weighted by atomic mass is 10.2. The monoisotopic (exact) mass is 280 g/mol. The van der Waals surface area contributed by atoms with Crippen LogP contribution in [-0.2, 0) is 0 Å². The van der Waals surface area contributed by atoms with E-state index in [9.17, 15) is 14.0 Å². The van der Waals surface area contributed by atoms with E-state index in [-0.39, 0.29) is 11.7 Å². The van der Waals surface area contributed by atoms with Gasteiger partial charge in [-0.3, -0.25) is 0 Å². The number of carboxylic acid groups (broad SMARTS) is 1. The summed E-state index contributed by atoms with van der Waals surface area (Å²) in [6.45, 7) is 3.17. The number of anilines is 1. The second-order valence-corrected chi connectivity index (χ2v) is 4.91. The Morgan fingerprint density at radius 2 is 2.15 bits per heavy atom. The number of carbonyl (C=O) groups is 2. The van der Waals surface area contributed by atoms with Gasteiger partial charge >= 0.3 is 12.0 Å². The molecule has 1 fully saturated rings. The number of hydrogen-bond acceptors (Lipinski definition) is 2. The number of nitrogens with one attached hydrogen (secondary N) is 1. The van der Waals surface area contributed by atoms with Crippen LogP contribution in [0.1, 0.15) is 30.1 Å². The number of carbonyl (C=O) groups excluding carboxylic acids is 1. The second kappa shape index (κ2) is 5.90. The smallest absolute Gasteiger partial charge is 0.338 e. The Bertz CT molecular complexity index is 529. The van der Waals surface area contributed by atoms with Crippen LogP contribution in [0.4, 0.5) is 14.9 Å². The van der Waals surface area contributed by atoms with Crippen LogP contribution in [0.5, 0.6) is 0 Å². The van der Waals surface area contributed by atoms with Crippen LogP contribution in [0.25, 0.3) is 0 Å². The van der Waals surface area contributed by atoms with Gasteiger partial charge in [0.15, 0.2) is 0 Å². The van der Waals surface area contributed by atoms with Gasteiger partial charge in [-0.1, -0.05) is 0 Å². The fourth-order valence-electron chi connectivity index (χ4n) is 1.94. The number of halogens is 1. The second-order valence-electron chi connectivity index (χ2n) is 4.91. The SMILES string of the molecule is CCN(CC1CC1)C(=O)Nc1ccc(C(=O)O)c(F)c1. The van der Waals surface area contributed by atoms with Crippen molar-refractivity contribution in [3.63, 3.8) is 0 Å². The number of benzene rings is 1. The van der Waals surface area contributed by atoms with Gasteiger partial charge in [0, 0.05) is 18.8 Å². The molecule has 0 spiro atoms. The van der Waals surface area contributed by atoms with Gasteiger partial charge in [0.25, 0.3) is 0 Å². The number of carboxylic acids is 1. The molecule has 20 heavy (non-hydrogen) atoms. The van der Waals surface area contributed by atoms with Crippen molar-refractivity contribution in [3.8, 4) is 0 Å². The number of rotatable bonds is 5. The molecule has 108 valence electrons. The first-order valence-electron chi connectivity index (χ1n) is 6.60. The Morgan fingerprint density at radius 3 is 2.65 bits per heavy atom. The van der Waals surface area contributed by atoms with Crippen LogP contribution in [0.3, 0.4) is 0 Å². The minimum Gasteiger partial charge on any atom is -0.478 e. The highest BCUT2D eigenvalue weighted by atomic mass is 19.1. The van der Waals surface area contributed by atoms with Crippen LogP contribution in [0, 0.1) is 11.7 Å². The molecule has 1 aliphatic carbocycles. The molecule has 1 aromatic rings. The van der Waals surface area contributed by atoms with E-state index in [0.717, 1.165) is 25.0 Å². The molecule has 6 heteroatoms. The third kappa shape index (κ3) is 3.46. The van der Waals surface area contributed by atoms with Gasteiger partial charge in [0.2, 0.25) is 0 Å². The maximum absolute atomic E-state index is 13.5. The van der Waals surface area contributed by atoms with Crippen LogP contribution < -0.4 is 5.32 Å². The zero-order valence-corrected chi connectivity index (χ0v) is 11.2. The van der Waals surface area contributed by atoms with Gasteiger partial charge < -0.3 is 15.3 Å².